The summed E-state index contributed by atoms with van der Waals surface area (Å²) in [5.41, 5.74) is 0. The molecule has 0 saturated carbocycles. The number of hydrogen-bond donors (Lipinski definition) is 1. The Bertz CT molecular complexity index is 704. The van der Waals surface area contributed by atoms with Gasteiger partial charge in [0.15, 0.2) is 6.61 Å². The number of nitrogens with zero attached hydrogens (tertiary/aromatic N) is 1. The van der Waals surface area contributed by atoms with Crippen LogP contribution in [0.1, 0.15) is 12.8 Å². The summed E-state index contributed by atoms with van der Waals surface area (Å²) in [5, 5.41) is 5.40. The van der Waals surface area contributed by atoms with Gasteiger partial charge in [0, 0.05) is 23.6 Å². The Morgan fingerprint density at radius 2 is 2.09 bits per heavy atom. The fraction of sp³-hybridized carbons (Fsp3) is 0.389. The van der Waals surface area contributed by atoms with Crippen LogP contribution in [-0.4, -0.2) is 43.6 Å². The van der Waals surface area contributed by atoms with E-state index in [-0.39, 0.29) is 12.5 Å². The van der Waals surface area contributed by atoms with E-state index in [0.29, 0.717) is 6.04 Å². The van der Waals surface area contributed by atoms with Crippen molar-refractivity contribution in [3.8, 4) is 5.75 Å². The van der Waals surface area contributed by atoms with Crippen LogP contribution >= 0.6 is 15.9 Å². The molecule has 2 aromatic carbocycles. The molecule has 1 amide bonds. The molecule has 122 valence electrons. The average molecular weight is 377 g/mol. The summed E-state index contributed by atoms with van der Waals surface area (Å²) < 4.78 is 6.78. The van der Waals surface area contributed by atoms with Crippen molar-refractivity contribution >= 4 is 32.6 Å². The van der Waals surface area contributed by atoms with Gasteiger partial charge < -0.3 is 15.0 Å². The maximum atomic E-state index is 12.4. The van der Waals surface area contributed by atoms with E-state index >= 15 is 0 Å². The Labute approximate surface area is 144 Å². The molecule has 1 aliphatic heterocycles. The van der Waals surface area contributed by atoms with Gasteiger partial charge in [0.05, 0.1) is 0 Å². The number of likely N-dealkylation sites (tertiary alicyclic amines) is 1. The molecular formula is C18H21BrN2O2. The number of likely N-dealkylation sites (N-methyl/N-ethyl adjacent to an activating group) is 1. The Kier molecular flexibility index (Phi) is 5.18. The largest absolute Gasteiger partial charge is 0.484 e. The van der Waals surface area contributed by atoms with E-state index in [1.165, 1.54) is 0 Å². The van der Waals surface area contributed by atoms with Crippen molar-refractivity contribution in [2.75, 3.05) is 26.7 Å². The van der Waals surface area contributed by atoms with Crippen LogP contribution in [0.4, 0.5) is 0 Å². The van der Waals surface area contributed by atoms with E-state index in [9.17, 15) is 4.79 Å². The smallest absolute Gasteiger partial charge is 0.260 e. The van der Waals surface area contributed by atoms with Crippen molar-refractivity contribution in [2.45, 2.75) is 18.9 Å². The van der Waals surface area contributed by atoms with Gasteiger partial charge in [0.25, 0.3) is 5.91 Å². The normalized spacial score (nSPS) is 17.7. The molecule has 5 heteroatoms. The molecule has 1 aliphatic rings. The molecule has 23 heavy (non-hydrogen) atoms. The first-order valence-corrected chi connectivity index (χ1v) is 8.73. The zero-order valence-electron chi connectivity index (χ0n) is 13.2. The number of rotatable bonds is 5. The Hall–Kier alpha value is -1.59. The summed E-state index contributed by atoms with van der Waals surface area (Å²) in [6.07, 6.45) is 2.14. The average Bonchev–Trinajstić information content (AvgIpc) is 3.01. The summed E-state index contributed by atoms with van der Waals surface area (Å²) in [4.78, 5) is 14.3. The third-order valence-electron chi connectivity index (χ3n) is 4.27. The number of nitrogens with one attached hydrogen (secondary N) is 1. The summed E-state index contributed by atoms with van der Waals surface area (Å²) in [5.74, 6) is 0.802. The number of ether oxygens (including phenoxy) is 1. The molecule has 1 atom stereocenters. The summed E-state index contributed by atoms with van der Waals surface area (Å²) in [6, 6.07) is 12.3. The minimum absolute atomic E-state index is 0.0682. The van der Waals surface area contributed by atoms with Crippen molar-refractivity contribution in [3.63, 3.8) is 0 Å². The predicted octanol–water partition coefficient (Wildman–Crippen LogP) is 3.19. The monoisotopic (exact) mass is 376 g/mol. The molecule has 1 unspecified atom stereocenters. The van der Waals surface area contributed by atoms with Crippen LogP contribution in [0.25, 0.3) is 10.8 Å². The van der Waals surface area contributed by atoms with Gasteiger partial charge in [-0.3, -0.25) is 4.79 Å². The molecule has 3 rings (SSSR count). The maximum Gasteiger partial charge on any atom is 0.260 e. The summed E-state index contributed by atoms with van der Waals surface area (Å²) in [7, 11) is 1.92. The van der Waals surface area contributed by atoms with Crippen molar-refractivity contribution in [2.24, 2.45) is 0 Å². The lowest BCUT2D eigenvalue weighted by atomic mass is 10.1. The van der Waals surface area contributed by atoms with Gasteiger partial charge >= 0.3 is 0 Å². The van der Waals surface area contributed by atoms with E-state index in [1.54, 1.807) is 0 Å². The maximum absolute atomic E-state index is 12.4. The molecule has 0 aliphatic carbocycles. The zero-order chi connectivity index (χ0) is 16.2. The lowest BCUT2D eigenvalue weighted by Gasteiger charge is -2.24. The number of carbonyl (C=O) groups excluding carboxylic acids is 1. The molecule has 1 heterocycles. The van der Waals surface area contributed by atoms with Crippen LogP contribution in [-0.2, 0) is 4.79 Å². The molecule has 0 bridgehead atoms. The number of hydrogen-bond acceptors (Lipinski definition) is 3. The standard InChI is InChI=1S/C18H21BrN2O2/c1-20-11-16-3-2-8-21(16)18(22)12-23-17-7-5-13-9-15(19)6-4-14(13)10-17/h4-7,9-10,16,20H,2-3,8,11-12H2,1H3. The van der Waals surface area contributed by atoms with Crippen molar-refractivity contribution in [1.29, 1.82) is 0 Å². The van der Waals surface area contributed by atoms with Crippen LogP contribution < -0.4 is 10.1 Å². The minimum atomic E-state index is 0.0682. The Morgan fingerprint density at radius 3 is 2.91 bits per heavy atom. The van der Waals surface area contributed by atoms with Gasteiger partial charge in [-0.2, -0.15) is 0 Å². The summed E-state index contributed by atoms with van der Waals surface area (Å²) >= 11 is 3.47. The molecule has 2 aromatic rings. The first kappa shape index (κ1) is 16.3. The first-order valence-electron chi connectivity index (χ1n) is 7.93. The van der Waals surface area contributed by atoms with Gasteiger partial charge in [-0.15, -0.1) is 0 Å². The predicted molar refractivity (Wildman–Crippen MR) is 95.8 cm³/mol. The lowest BCUT2D eigenvalue weighted by Crippen LogP contribution is -2.43. The molecule has 0 spiro atoms. The highest BCUT2D eigenvalue weighted by atomic mass is 79.9. The highest BCUT2D eigenvalue weighted by molar-refractivity contribution is 9.10. The van der Waals surface area contributed by atoms with Gasteiger partial charge in [0.1, 0.15) is 5.75 Å². The fourth-order valence-electron chi connectivity index (χ4n) is 3.12. The zero-order valence-corrected chi connectivity index (χ0v) is 14.8. The second-order valence-corrected chi connectivity index (χ2v) is 6.80. The Balaban J connectivity index is 1.63. The van der Waals surface area contributed by atoms with Crippen LogP contribution in [0.3, 0.4) is 0 Å². The number of carbonyl (C=O) groups is 1. The number of benzene rings is 2. The molecule has 0 radical (unpaired) electrons. The number of fused-ring (bicyclic) bond motifs is 1. The van der Waals surface area contributed by atoms with Crippen LogP contribution in [0.5, 0.6) is 5.75 Å². The van der Waals surface area contributed by atoms with E-state index < -0.39 is 0 Å². The molecule has 4 nitrogen and oxygen atoms in total. The van der Waals surface area contributed by atoms with Crippen molar-refractivity contribution in [3.05, 3.63) is 40.9 Å². The van der Waals surface area contributed by atoms with Gasteiger partial charge in [-0.05, 0) is 54.9 Å². The van der Waals surface area contributed by atoms with E-state index in [4.69, 9.17) is 4.74 Å². The van der Waals surface area contributed by atoms with Gasteiger partial charge in [-0.1, -0.05) is 28.1 Å². The Morgan fingerprint density at radius 1 is 1.30 bits per heavy atom. The van der Waals surface area contributed by atoms with Gasteiger partial charge in [-0.25, -0.2) is 0 Å². The topological polar surface area (TPSA) is 41.6 Å². The lowest BCUT2D eigenvalue weighted by molar-refractivity contribution is -0.134. The van der Waals surface area contributed by atoms with E-state index in [1.807, 2.05) is 42.3 Å². The SMILES string of the molecule is CNCC1CCCN1C(=O)COc1ccc2cc(Br)ccc2c1. The molecule has 1 fully saturated rings. The van der Waals surface area contributed by atoms with Crippen LogP contribution in [0.15, 0.2) is 40.9 Å². The third kappa shape index (κ3) is 3.85. The molecular weight excluding hydrogens is 356 g/mol. The van der Waals surface area contributed by atoms with Crippen LogP contribution in [0.2, 0.25) is 0 Å². The quantitative estimate of drug-likeness (QED) is 0.870. The highest BCUT2D eigenvalue weighted by Gasteiger charge is 2.28. The fourth-order valence-corrected chi connectivity index (χ4v) is 3.50. The van der Waals surface area contributed by atoms with E-state index in [2.05, 4.69) is 27.3 Å². The molecule has 0 aromatic heterocycles. The number of halogens is 1. The molecule has 1 N–H and O–H groups in total. The third-order valence-corrected chi connectivity index (χ3v) is 4.77. The minimum Gasteiger partial charge on any atom is -0.484 e. The van der Waals surface area contributed by atoms with Crippen molar-refractivity contribution in [1.82, 2.24) is 10.2 Å². The number of amides is 1. The second kappa shape index (κ2) is 7.32. The van der Waals surface area contributed by atoms with Gasteiger partial charge in [0.2, 0.25) is 0 Å². The van der Waals surface area contributed by atoms with Crippen molar-refractivity contribution < 1.29 is 9.53 Å². The first-order chi connectivity index (χ1) is 11.2. The van der Waals surface area contributed by atoms with E-state index in [0.717, 1.165) is 46.9 Å². The highest BCUT2D eigenvalue weighted by Crippen LogP contribution is 2.24. The van der Waals surface area contributed by atoms with Crippen LogP contribution in [0, 0.1) is 0 Å². The summed E-state index contributed by atoms with van der Waals surface area (Å²) in [6.45, 7) is 1.78. The second-order valence-electron chi connectivity index (χ2n) is 5.88. The molecule has 1 saturated heterocycles.